The third kappa shape index (κ3) is 6.35. The molecule has 28 heavy (non-hydrogen) atoms. The van der Waals surface area contributed by atoms with Crippen LogP contribution in [0.1, 0.15) is 36.7 Å². The van der Waals surface area contributed by atoms with Crippen LogP contribution >= 0.6 is 11.6 Å². The van der Waals surface area contributed by atoms with Gasteiger partial charge in [0.25, 0.3) is 0 Å². The van der Waals surface area contributed by atoms with Gasteiger partial charge in [-0.25, -0.2) is 4.79 Å². The summed E-state index contributed by atoms with van der Waals surface area (Å²) >= 11 is 6.00. The topological polar surface area (TPSA) is 72.5 Å². The highest BCUT2D eigenvalue weighted by molar-refractivity contribution is 6.32. The second kappa shape index (κ2) is 9.33. The van der Waals surface area contributed by atoms with Crippen molar-refractivity contribution in [3.05, 3.63) is 70.8 Å². The number of rotatable bonds is 6. The molecule has 0 saturated carbocycles. The second-order valence-corrected chi connectivity index (χ2v) is 7.57. The Balaban J connectivity index is 1.88. The summed E-state index contributed by atoms with van der Waals surface area (Å²) in [6.45, 7) is 5.07. The minimum atomic E-state index is -0.637. The van der Waals surface area contributed by atoms with Crippen molar-refractivity contribution in [2.24, 2.45) is 5.41 Å². The fraction of sp³-hybridized carbons (Fsp3) is 0.227. The molecule has 0 heterocycles. The maximum atomic E-state index is 12.2. The molecule has 0 aliphatic heterocycles. The smallest absolute Gasteiger partial charge is 0.331 e. The Labute approximate surface area is 169 Å². The van der Waals surface area contributed by atoms with E-state index in [9.17, 15) is 14.4 Å². The summed E-state index contributed by atoms with van der Waals surface area (Å²) in [7, 11) is 0. The van der Waals surface area contributed by atoms with Crippen LogP contribution in [0.5, 0.6) is 0 Å². The number of ether oxygens (including phenoxy) is 1. The molecular formula is C22H22ClNO4. The molecule has 6 heteroatoms. The van der Waals surface area contributed by atoms with Gasteiger partial charge in [-0.15, -0.1) is 0 Å². The lowest BCUT2D eigenvalue weighted by atomic mass is 9.95. The second-order valence-electron chi connectivity index (χ2n) is 7.17. The van der Waals surface area contributed by atoms with Crippen molar-refractivity contribution in [1.29, 1.82) is 0 Å². The molecule has 0 unspecified atom stereocenters. The van der Waals surface area contributed by atoms with E-state index >= 15 is 0 Å². The summed E-state index contributed by atoms with van der Waals surface area (Å²) in [6.07, 6.45) is 2.75. The average molecular weight is 400 g/mol. The molecule has 0 aliphatic carbocycles. The van der Waals surface area contributed by atoms with Gasteiger partial charge >= 0.3 is 5.97 Å². The van der Waals surface area contributed by atoms with Gasteiger partial charge in [0.15, 0.2) is 12.4 Å². The minimum absolute atomic E-state index is 0.120. The molecule has 0 bridgehead atoms. The van der Waals surface area contributed by atoms with Gasteiger partial charge in [0.05, 0.1) is 0 Å². The standard InChI is InChI=1S/C22H22ClNO4/c1-22(2,3)21(27)24-17-11-8-16(9-12-17)19(25)14-28-20(26)13-10-15-6-4-5-7-18(15)23/h4-13H,14H2,1-3H3,(H,24,27)/b13-10+. The molecule has 0 fully saturated rings. The number of hydrogen-bond acceptors (Lipinski definition) is 4. The van der Waals surface area contributed by atoms with Crippen LogP contribution in [0, 0.1) is 5.41 Å². The van der Waals surface area contributed by atoms with Gasteiger partial charge in [-0.2, -0.15) is 0 Å². The molecule has 0 spiro atoms. The maximum absolute atomic E-state index is 12.2. The van der Waals surface area contributed by atoms with Gasteiger partial charge < -0.3 is 10.1 Å². The number of ketones is 1. The summed E-state index contributed by atoms with van der Waals surface area (Å²) in [5.41, 5.74) is 1.15. The molecule has 2 aromatic rings. The van der Waals surface area contributed by atoms with Crippen molar-refractivity contribution in [1.82, 2.24) is 0 Å². The summed E-state index contributed by atoms with van der Waals surface area (Å²) in [6, 6.07) is 13.5. The first-order valence-electron chi connectivity index (χ1n) is 8.71. The molecule has 2 aromatic carbocycles. The Kier molecular flexibility index (Phi) is 7.12. The predicted octanol–water partition coefficient (Wildman–Crippen LogP) is 4.76. The van der Waals surface area contributed by atoms with E-state index in [0.29, 0.717) is 21.8 Å². The quantitative estimate of drug-likeness (QED) is 0.431. The van der Waals surface area contributed by atoms with E-state index in [-0.39, 0.29) is 18.3 Å². The molecule has 0 aromatic heterocycles. The molecule has 1 amide bonds. The Morgan fingerprint density at radius 1 is 1.04 bits per heavy atom. The summed E-state index contributed by atoms with van der Waals surface area (Å²) in [5.74, 6) is -1.10. The first-order chi connectivity index (χ1) is 13.2. The zero-order chi connectivity index (χ0) is 20.7. The lowest BCUT2D eigenvalue weighted by Gasteiger charge is -2.17. The fourth-order valence-corrected chi connectivity index (χ4v) is 2.29. The third-order valence-electron chi connectivity index (χ3n) is 3.80. The number of amides is 1. The van der Waals surface area contributed by atoms with Crippen molar-refractivity contribution in [3.8, 4) is 0 Å². The molecule has 5 nitrogen and oxygen atoms in total. The lowest BCUT2D eigenvalue weighted by molar-refractivity contribution is -0.136. The average Bonchev–Trinajstić information content (AvgIpc) is 2.65. The number of carbonyl (C=O) groups excluding carboxylic acids is 3. The van der Waals surface area contributed by atoms with E-state index in [2.05, 4.69) is 5.32 Å². The maximum Gasteiger partial charge on any atom is 0.331 e. The van der Waals surface area contributed by atoms with Crippen LogP contribution in [-0.2, 0) is 14.3 Å². The van der Waals surface area contributed by atoms with E-state index in [1.54, 1.807) is 48.5 Å². The van der Waals surface area contributed by atoms with Crippen LogP contribution in [0.15, 0.2) is 54.6 Å². The molecule has 0 atom stereocenters. The predicted molar refractivity (Wildman–Crippen MR) is 110 cm³/mol. The molecule has 0 radical (unpaired) electrons. The molecular weight excluding hydrogens is 378 g/mol. The Morgan fingerprint density at radius 2 is 1.68 bits per heavy atom. The summed E-state index contributed by atoms with van der Waals surface area (Å²) in [5, 5.41) is 3.29. The van der Waals surface area contributed by atoms with Crippen LogP contribution in [-0.4, -0.2) is 24.3 Å². The third-order valence-corrected chi connectivity index (χ3v) is 4.14. The number of carbonyl (C=O) groups is 3. The van der Waals surface area contributed by atoms with E-state index in [0.717, 1.165) is 0 Å². The zero-order valence-corrected chi connectivity index (χ0v) is 16.7. The highest BCUT2D eigenvalue weighted by atomic mass is 35.5. The van der Waals surface area contributed by atoms with Crippen molar-refractivity contribution >= 4 is 41.0 Å². The van der Waals surface area contributed by atoms with E-state index in [4.69, 9.17) is 16.3 Å². The normalized spacial score (nSPS) is 11.3. The van der Waals surface area contributed by atoms with Gasteiger partial charge in [0.1, 0.15) is 0 Å². The van der Waals surface area contributed by atoms with Crippen molar-refractivity contribution in [2.45, 2.75) is 20.8 Å². The van der Waals surface area contributed by atoms with Gasteiger partial charge in [-0.05, 0) is 42.0 Å². The summed E-state index contributed by atoms with van der Waals surface area (Å²) in [4.78, 5) is 35.9. The number of benzene rings is 2. The van der Waals surface area contributed by atoms with Crippen LogP contribution in [0.2, 0.25) is 5.02 Å². The first-order valence-corrected chi connectivity index (χ1v) is 9.09. The molecule has 2 rings (SSSR count). The largest absolute Gasteiger partial charge is 0.454 e. The highest BCUT2D eigenvalue weighted by Crippen LogP contribution is 2.18. The van der Waals surface area contributed by atoms with Crippen LogP contribution in [0.25, 0.3) is 6.08 Å². The van der Waals surface area contributed by atoms with E-state index in [1.165, 1.54) is 12.2 Å². The van der Waals surface area contributed by atoms with Gasteiger partial charge in [0.2, 0.25) is 5.91 Å². The number of anilines is 1. The van der Waals surface area contributed by atoms with Crippen molar-refractivity contribution in [2.75, 3.05) is 11.9 Å². The minimum Gasteiger partial charge on any atom is -0.454 e. The van der Waals surface area contributed by atoms with Crippen molar-refractivity contribution in [3.63, 3.8) is 0 Å². The first kappa shape index (κ1) is 21.4. The monoisotopic (exact) mass is 399 g/mol. The number of halogens is 1. The SMILES string of the molecule is CC(C)(C)C(=O)Nc1ccc(C(=O)COC(=O)/C=C/c2ccccc2Cl)cc1. The number of esters is 1. The van der Waals surface area contributed by atoms with E-state index in [1.807, 2.05) is 20.8 Å². The molecule has 1 N–H and O–H groups in total. The van der Waals surface area contributed by atoms with Gasteiger partial charge in [-0.1, -0.05) is 50.6 Å². The molecule has 0 aliphatic rings. The molecule has 0 saturated heterocycles. The van der Waals surface area contributed by atoms with Gasteiger partial charge in [0, 0.05) is 27.8 Å². The summed E-state index contributed by atoms with van der Waals surface area (Å²) < 4.78 is 4.97. The highest BCUT2D eigenvalue weighted by Gasteiger charge is 2.21. The Morgan fingerprint density at radius 3 is 2.29 bits per heavy atom. The van der Waals surface area contributed by atoms with Gasteiger partial charge in [-0.3, -0.25) is 9.59 Å². The number of hydrogen-bond donors (Lipinski definition) is 1. The van der Waals surface area contributed by atoms with Crippen LogP contribution < -0.4 is 5.32 Å². The lowest BCUT2D eigenvalue weighted by Crippen LogP contribution is -2.27. The Bertz CT molecular complexity index is 895. The number of nitrogens with one attached hydrogen (secondary N) is 1. The van der Waals surface area contributed by atoms with Crippen LogP contribution in [0.4, 0.5) is 5.69 Å². The van der Waals surface area contributed by atoms with Crippen molar-refractivity contribution < 1.29 is 19.1 Å². The fourth-order valence-electron chi connectivity index (χ4n) is 2.09. The van der Waals surface area contributed by atoms with E-state index < -0.39 is 11.4 Å². The Hall–Kier alpha value is -2.92. The molecule has 146 valence electrons. The zero-order valence-electron chi connectivity index (χ0n) is 16.0. The number of Topliss-reactive ketones (excluding diaryl/α,β-unsaturated/α-hetero) is 1. The van der Waals surface area contributed by atoms with Crippen LogP contribution in [0.3, 0.4) is 0 Å².